The number of benzene rings is 3. The minimum absolute atomic E-state index is 0.616. The molecule has 0 aliphatic carbocycles. The summed E-state index contributed by atoms with van der Waals surface area (Å²) in [4.78, 5) is 0. The largest absolute Gasteiger partial charge is 0.456 e. The van der Waals surface area contributed by atoms with Crippen molar-refractivity contribution in [3.8, 4) is 23.0 Å². The molecule has 0 saturated heterocycles. The maximum absolute atomic E-state index is 5.98. The smallest absolute Gasteiger partial charge is 0.145 e. The first-order valence-corrected chi connectivity index (χ1v) is 8.32. The van der Waals surface area contributed by atoms with Crippen LogP contribution in [0.5, 0.6) is 23.0 Å². The molecule has 0 heterocycles. The van der Waals surface area contributed by atoms with E-state index >= 15 is 0 Å². The van der Waals surface area contributed by atoms with Crippen LogP contribution in [-0.2, 0) is 0 Å². The molecule has 3 aromatic carbocycles. The highest BCUT2D eigenvalue weighted by Gasteiger charge is 2.10. The van der Waals surface area contributed by atoms with Gasteiger partial charge in [-0.15, -0.1) is 0 Å². The number of hydrogen-bond acceptors (Lipinski definition) is 2. The SMILES string of the molecule is Clc1cccc(Oc2cccc(Oc3cccc(Cl)c3)c2Br)c1. The molecule has 3 aromatic rings. The molecule has 0 amide bonds. The van der Waals surface area contributed by atoms with Crippen molar-refractivity contribution in [1.82, 2.24) is 0 Å². The maximum Gasteiger partial charge on any atom is 0.145 e. The van der Waals surface area contributed by atoms with E-state index in [0.717, 1.165) is 0 Å². The molecule has 0 bridgehead atoms. The van der Waals surface area contributed by atoms with E-state index in [0.29, 0.717) is 37.5 Å². The first-order chi connectivity index (χ1) is 11.1. The Morgan fingerprint density at radius 3 is 1.52 bits per heavy atom. The van der Waals surface area contributed by atoms with Gasteiger partial charge in [-0.2, -0.15) is 0 Å². The minimum Gasteiger partial charge on any atom is -0.456 e. The van der Waals surface area contributed by atoms with Gasteiger partial charge in [0.15, 0.2) is 0 Å². The Morgan fingerprint density at radius 2 is 1.09 bits per heavy atom. The molecule has 0 fully saturated rings. The fourth-order valence-electron chi connectivity index (χ4n) is 1.96. The molecular weight excluding hydrogens is 399 g/mol. The Kier molecular flexibility index (Phi) is 5.11. The Bertz CT molecular complexity index is 771. The highest BCUT2D eigenvalue weighted by Crippen LogP contribution is 2.39. The van der Waals surface area contributed by atoms with Gasteiger partial charge in [-0.25, -0.2) is 0 Å². The highest BCUT2D eigenvalue weighted by atomic mass is 79.9. The van der Waals surface area contributed by atoms with Crippen LogP contribution in [0.1, 0.15) is 0 Å². The molecule has 0 aliphatic rings. The van der Waals surface area contributed by atoms with Crippen molar-refractivity contribution in [2.45, 2.75) is 0 Å². The molecule has 0 saturated carbocycles. The summed E-state index contributed by atoms with van der Waals surface area (Å²) >= 11 is 15.5. The topological polar surface area (TPSA) is 18.5 Å². The predicted octanol–water partition coefficient (Wildman–Crippen LogP) is 7.34. The number of hydrogen-bond donors (Lipinski definition) is 0. The summed E-state index contributed by atoms with van der Waals surface area (Å²) in [5.74, 6) is 2.56. The third kappa shape index (κ3) is 4.20. The van der Waals surface area contributed by atoms with Crippen molar-refractivity contribution in [2.24, 2.45) is 0 Å². The molecule has 5 heteroatoms. The van der Waals surface area contributed by atoms with E-state index in [2.05, 4.69) is 15.9 Å². The van der Waals surface area contributed by atoms with Crippen LogP contribution in [0.4, 0.5) is 0 Å². The van der Waals surface area contributed by atoms with Gasteiger partial charge in [0.25, 0.3) is 0 Å². The van der Waals surface area contributed by atoms with Crippen molar-refractivity contribution in [3.63, 3.8) is 0 Å². The molecule has 0 atom stereocenters. The second kappa shape index (κ2) is 7.26. The van der Waals surface area contributed by atoms with Crippen LogP contribution in [0.15, 0.2) is 71.2 Å². The lowest BCUT2D eigenvalue weighted by Gasteiger charge is -2.12. The monoisotopic (exact) mass is 408 g/mol. The number of rotatable bonds is 4. The molecule has 0 aliphatic heterocycles. The molecule has 116 valence electrons. The van der Waals surface area contributed by atoms with Crippen LogP contribution < -0.4 is 9.47 Å². The maximum atomic E-state index is 5.98. The van der Waals surface area contributed by atoms with E-state index < -0.39 is 0 Å². The summed E-state index contributed by atoms with van der Waals surface area (Å²) in [6.45, 7) is 0. The zero-order valence-corrected chi connectivity index (χ0v) is 14.9. The zero-order chi connectivity index (χ0) is 16.2. The van der Waals surface area contributed by atoms with E-state index in [1.807, 2.05) is 42.5 Å². The van der Waals surface area contributed by atoms with Gasteiger partial charge in [-0.3, -0.25) is 0 Å². The number of halogens is 3. The molecule has 2 nitrogen and oxygen atoms in total. The summed E-state index contributed by atoms with van der Waals surface area (Å²) in [6.07, 6.45) is 0. The van der Waals surface area contributed by atoms with E-state index in [1.165, 1.54) is 0 Å². The lowest BCUT2D eigenvalue weighted by Crippen LogP contribution is -1.90. The van der Waals surface area contributed by atoms with Crippen LogP contribution in [0, 0.1) is 0 Å². The normalized spacial score (nSPS) is 10.4. The van der Waals surface area contributed by atoms with Gasteiger partial charge in [-0.05, 0) is 64.5 Å². The van der Waals surface area contributed by atoms with Crippen LogP contribution in [0.25, 0.3) is 0 Å². The van der Waals surface area contributed by atoms with Crippen molar-refractivity contribution >= 4 is 39.1 Å². The van der Waals surface area contributed by atoms with E-state index in [9.17, 15) is 0 Å². The summed E-state index contributed by atoms with van der Waals surface area (Å²) in [5, 5.41) is 1.23. The third-order valence-electron chi connectivity index (χ3n) is 2.98. The lowest BCUT2D eigenvalue weighted by atomic mass is 10.3. The van der Waals surface area contributed by atoms with Gasteiger partial charge in [0.05, 0.1) is 0 Å². The average Bonchev–Trinajstić information content (AvgIpc) is 2.51. The quantitative estimate of drug-likeness (QED) is 0.448. The lowest BCUT2D eigenvalue weighted by molar-refractivity contribution is 0.455. The highest BCUT2D eigenvalue weighted by molar-refractivity contribution is 9.10. The Labute approximate surface area is 152 Å². The van der Waals surface area contributed by atoms with Gasteiger partial charge >= 0.3 is 0 Å². The Hall–Kier alpha value is -1.68. The summed E-state index contributed by atoms with van der Waals surface area (Å²) in [7, 11) is 0. The van der Waals surface area contributed by atoms with Crippen LogP contribution >= 0.6 is 39.1 Å². The third-order valence-corrected chi connectivity index (χ3v) is 4.23. The molecule has 0 spiro atoms. The molecule has 0 aromatic heterocycles. The van der Waals surface area contributed by atoms with Crippen molar-refractivity contribution < 1.29 is 9.47 Å². The van der Waals surface area contributed by atoms with Gasteiger partial charge in [0, 0.05) is 10.0 Å². The summed E-state index contributed by atoms with van der Waals surface area (Å²) in [6, 6.07) is 20.0. The molecule has 0 N–H and O–H groups in total. The first-order valence-electron chi connectivity index (χ1n) is 6.77. The Morgan fingerprint density at radius 1 is 0.652 bits per heavy atom. The standard InChI is InChI=1S/C18H11BrCl2O2/c19-18-16(22-14-6-1-4-12(20)10-14)8-3-9-17(18)23-15-7-2-5-13(21)11-15/h1-11H. The van der Waals surface area contributed by atoms with E-state index in [-0.39, 0.29) is 0 Å². The fourth-order valence-corrected chi connectivity index (χ4v) is 2.75. The fraction of sp³-hybridized carbons (Fsp3) is 0. The van der Waals surface area contributed by atoms with Crippen molar-refractivity contribution in [1.29, 1.82) is 0 Å². The van der Waals surface area contributed by atoms with E-state index in [1.54, 1.807) is 24.3 Å². The minimum atomic E-state index is 0.616. The van der Waals surface area contributed by atoms with Gasteiger partial charge in [-0.1, -0.05) is 41.4 Å². The molecular formula is C18H11BrCl2O2. The molecule has 0 unspecified atom stereocenters. The van der Waals surface area contributed by atoms with Crippen molar-refractivity contribution in [2.75, 3.05) is 0 Å². The zero-order valence-electron chi connectivity index (χ0n) is 11.8. The summed E-state index contributed by atoms with van der Waals surface area (Å²) < 4.78 is 12.4. The average molecular weight is 410 g/mol. The van der Waals surface area contributed by atoms with Crippen LogP contribution in [-0.4, -0.2) is 0 Å². The van der Waals surface area contributed by atoms with Gasteiger partial charge < -0.3 is 9.47 Å². The van der Waals surface area contributed by atoms with Gasteiger partial charge in [0.1, 0.15) is 27.5 Å². The predicted molar refractivity (Wildman–Crippen MR) is 97.2 cm³/mol. The van der Waals surface area contributed by atoms with Crippen molar-refractivity contribution in [3.05, 3.63) is 81.2 Å². The van der Waals surface area contributed by atoms with Crippen LogP contribution in [0.3, 0.4) is 0 Å². The van der Waals surface area contributed by atoms with E-state index in [4.69, 9.17) is 32.7 Å². The molecule has 23 heavy (non-hydrogen) atoms. The summed E-state index contributed by atoms with van der Waals surface area (Å²) in [5.41, 5.74) is 0. The molecule has 0 radical (unpaired) electrons. The Balaban J connectivity index is 1.86. The first kappa shape index (κ1) is 16.2. The molecule has 3 rings (SSSR count). The number of ether oxygens (including phenoxy) is 2. The second-order valence-electron chi connectivity index (χ2n) is 4.69. The van der Waals surface area contributed by atoms with Gasteiger partial charge in [0.2, 0.25) is 0 Å². The second-order valence-corrected chi connectivity index (χ2v) is 6.35. The van der Waals surface area contributed by atoms with Crippen LogP contribution in [0.2, 0.25) is 10.0 Å².